The first kappa shape index (κ1) is 15.7. The molecule has 6 nitrogen and oxygen atoms in total. The average Bonchev–Trinajstić information content (AvgIpc) is 2.62. The van der Waals surface area contributed by atoms with E-state index in [0.29, 0.717) is 5.02 Å². The molecule has 1 fully saturated rings. The molecule has 9 heteroatoms. The normalized spacial score (nSPS) is 26.0. The van der Waals surface area contributed by atoms with Crippen molar-refractivity contribution in [1.82, 2.24) is 4.31 Å². The van der Waals surface area contributed by atoms with Gasteiger partial charge in [0.05, 0.1) is 28.5 Å². The van der Waals surface area contributed by atoms with Gasteiger partial charge in [0.1, 0.15) is 0 Å². The lowest BCUT2D eigenvalue weighted by Gasteiger charge is -2.25. The lowest BCUT2D eigenvalue weighted by atomic mass is 10.2. The van der Waals surface area contributed by atoms with Crippen molar-refractivity contribution in [3.63, 3.8) is 0 Å². The van der Waals surface area contributed by atoms with E-state index in [1.807, 2.05) is 0 Å². The standard InChI is InChI=1S/C11H14ClNO5S2/c1-13(10-6-19(15,16)7-11(10)14)20(17,18)9-4-2-8(12)3-5-9/h2-5,10-11,14H,6-7H2,1H3/t10-,11+/m0/s1. The van der Waals surface area contributed by atoms with Crippen LogP contribution in [0.4, 0.5) is 0 Å². The number of hydrogen-bond acceptors (Lipinski definition) is 5. The Morgan fingerprint density at radius 1 is 1.25 bits per heavy atom. The fourth-order valence-corrected chi connectivity index (χ4v) is 5.56. The van der Waals surface area contributed by atoms with Crippen LogP contribution in [0, 0.1) is 0 Å². The van der Waals surface area contributed by atoms with Crippen molar-refractivity contribution in [1.29, 1.82) is 0 Å². The molecule has 0 radical (unpaired) electrons. The second-order valence-electron chi connectivity index (χ2n) is 4.69. The van der Waals surface area contributed by atoms with Gasteiger partial charge in [0.15, 0.2) is 9.84 Å². The molecule has 0 amide bonds. The number of aliphatic hydroxyl groups is 1. The number of likely N-dealkylation sites (N-methyl/N-ethyl adjacent to an activating group) is 1. The van der Waals surface area contributed by atoms with E-state index in [9.17, 15) is 21.9 Å². The van der Waals surface area contributed by atoms with Gasteiger partial charge in [-0.25, -0.2) is 16.8 Å². The number of sulfonamides is 1. The summed E-state index contributed by atoms with van der Waals surface area (Å²) >= 11 is 5.70. The summed E-state index contributed by atoms with van der Waals surface area (Å²) in [5.74, 6) is -0.796. The van der Waals surface area contributed by atoms with Crippen molar-refractivity contribution < 1.29 is 21.9 Å². The molecule has 0 unspecified atom stereocenters. The SMILES string of the molecule is CN([C@H]1CS(=O)(=O)C[C@H]1O)S(=O)(=O)c1ccc(Cl)cc1. The molecule has 0 bridgehead atoms. The molecule has 1 aliphatic rings. The van der Waals surface area contributed by atoms with E-state index in [-0.39, 0.29) is 10.6 Å². The van der Waals surface area contributed by atoms with Gasteiger partial charge in [0, 0.05) is 12.1 Å². The van der Waals surface area contributed by atoms with Gasteiger partial charge in [-0.3, -0.25) is 0 Å². The van der Waals surface area contributed by atoms with Crippen LogP contribution >= 0.6 is 11.6 Å². The Labute approximate surface area is 122 Å². The molecule has 0 saturated carbocycles. The number of nitrogens with zero attached hydrogens (tertiary/aromatic N) is 1. The first-order chi connectivity index (χ1) is 9.13. The smallest absolute Gasteiger partial charge is 0.243 e. The predicted molar refractivity (Wildman–Crippen MR) is 74.8 cm³/mol. The summed E-state index contributed by atoms with van der Waals surface area (Å²) < 4.78 is 48.6. The molecule has 20 heavy (non-hydrogen) atoms. The maximum absolute atomic E-state index is 12.4. The monoisotopic (exact) mass is 339 g/mol. The number of sulfone groups is 1. The Kier molecular flexibility index (Phi) is 4.14. The maximum atomic E-state index is 12.4. The van der Waals surface area contributed by atoms with Gasteiger partial charge in [0.25, 0.3) is 0 Å². The topological polar surface area (TPSA) is 91.8 Å². The summed E-state index contributed by atoms with van der Waals surface area (Å²) in [7, 11) is -6.03. The predicted octanol–water partition coefficient (Wildman–Crippen LogP) is 0.118. The van der Waals surface area contributed by atoms with Crippen LogP contribution < -0.4 is 0 Å². The van der Waals surface area contributed by atoms with Gasteiger partial charge in [-0.2, -0.15) is 4.31 Å². The summed E-state index contributed by atoms with van der Waals surface area (Å²) in [6.07, 6.45) is -1.22. The second-order valence-corrected chi connectivity index (χ2v) is 9.27. The quantitative estimate of drug-likeness (QED) is 0.844. The van der Waals surface area contributed by atoms with Crippen LogP contribution in [0.25, 0.3) is 0 Å². The highest BCUT2D eigenvalue weighted by Gasteiger charge is 2.42. The fourth-order valence-electron chi connectivity index (χ4n) is 2.11. The third kappa shape index (κ3) is 2.99. The molecule has 1 aromatic rings. The second kappa shape index (κ2) is 5.27. The lowest BCUT2D eigenvalue weighted by Crippen LogP contribution is -2.44. The molecular weight excluding hydrogens is 326 g/mol. The van der Waals surface area contributed by atoms with E-state index in [0.717, 1.165) is 4.31 Å². The molecule has 1 N–H and O–H groups in total. The zero-order valence-corrected chi connectivity index (χ0v) is 13.0. The highest BCUT2D eigenvalue weighted by atomic mass is 35.5. The van der Waals surface area contributed by atoms with Crippen molar-refractivity contribution in [3.8, 4) is 0 Å². The first-order valence-corrected chi connectivity index (χ1v) is 9.39. The summed E-state index contributed by atoms with van der Waals surface area (Å²) in [5.41, 5.74) is 0. The average molecular weight is 340 g/mol. The van der Waals surface area contributed by atoms with E-state index >= 15 is 0 Å². The molecule has 1 saturated heterocycles. The van der Waals surface area contributed by atoms with E-state index in [2.05, 4.69) is 0 Å². The molecule has 1 aromatic carbocycles. The van der Waals surface area contributed by atoms with E-state index in [1.54, 1.807) is 0 Å². The van der Waals surface area contributed by atoms with E-state index in [1.165, 1.54) is 31.3 Å². The molecule has 1 heterocycles. The van der Waals surface area contributed by atoms with Gasteiger partial charge in [-0.05, 0) is 24.3 Å². The zero-order chi connectivity index (χ0) is 15.1. The minimum atomic E-state index is -3.87. The minimum absolute atomic E-state index is 0.000831. The lowest BCUT2D eigenvalue weighted by molar-refractivity contribution is 0.137. The van der Waals surface area contributed by atoms with E-state index in [4.69, 9.17) is 11.6 Å². The molecular formula is C11H14ClNO5S2. The molecule has 0 spiro atoms. The highest BCUT2D eigenvalue weighted by Crippen LogP contribution is 2.24. The first-order valence-electron chi connectivity index (χ1n) is 5.75. The molecule has 1 aliphatic heterocycles. The van der Waals surface area contributed by atoms with Crippen LogP contribution in [0.15, 0.2) is 29.2 Å². The third-order valence-corrected chi connectivity index (χ3v) is 7.10. The van der Waals surface area contributed by atoms with Crippen molar-refractivity contribution >= 4 is 31.5 Å². The van der Waals surface area contributed by atoms with Crippen LogP contribution in [0.1, 0.15) is 0 Å². The van der Waals surface area contributed by atoms with Crippen LogP contribution in [0.2, 0.25) is 5.02 Å². The van der Waals surface area contributed by atoms with Gasteiger partial charge in [-0.1, -0.05) is 11.6 Å². The zero-order valence-electron chi connectivity index (χ0n) is 10.6. The highest BCUT2D eigenvalue weighted by molar-refractivity contribution is 7.92. The fraction of sp³-hybridized carbons (Fsp3) is 0.455. The summed E-state index contributed by atoms with van der Waals surface area (Å²) in [4.78, 5) is 0.000831. The Morgan fingerprint density at radius 2 is 1.80 bits per heavy atom. The number of aliphatic hydroxyl groups excluding tert-OH is 1. The van der Waals surface area contributed by atoms with Crippen LogP contribution in [-0.2, 0) is 19.9 Å². The number of rotatable bonds is 3. The largest absolute Gasteiger partial charge is 0.390 e. The number of hydrogen-bond donors (Lipinski definition) is 1. The van der Waals surface area contributed by atoms with Crippen molar-refractivity contribution in [2.24, 2.45) is 0 Å². The van der Waals surface area contributed by atoms with Crippen molar-refractivity contribution in [3.05, 3.63) is 29.3 Å². The number of halogens is 1. The van der Waals surface area contributed by atoms with Crippen LogP contribution in [0.5, 0.6) is 0 Å². The van der Waals surface area contributed by atoms with Gasteiger partial charge >= 0.3 is 0 Å². The van der Waals surface area contributed by atoms with E-state index < -0.39 is 37.8 Å². The van der Waals surface area contributed by atoms with Crippen molar-refractivity contribution in [2.45, 2.75) is 17.0 Å². The van der Waals surface area contributed by atoms with Crippen LogP contribution in [-0.4, -0.2) is 56.9 Å². The molecule has 2 rings (SSSR count). The minimum Gasteiger partial charge on any atom is -0.390 e. The molecule has 0 aliphatic carbocycles. The summed E-state index contributed by atoms with van der Waals surface area (Å²) in [5, 5.41) is 10.1. The van der Waals surface area contributed by atoms with Gasteiger partial charge < -0.3 is 5.11 Å². The summed E-state index contributed by atoms with van der Waals surface area (Å²) in [6.45, 7) is 0. The van der Waals surface area contributed by atoms with Crippen LogP contribution in [0.3, 0.4) is 0 Å². The summed E-state index contributed by atoms with van der Waals surface area (Å²) in [6, 6.07) is 4.57. The third-order valence-electron chi connectivity index (χ3n) is 3.25. The van der Waals surface area contributed by atoms with Gasteiger partial charge in [0.2, 0.25) is 10.0 Å². The van der Waals surface area contributed by atoms with Gasteiger partial charge in [-0.15, -0.1) is 0 Å². The Morgan fingerprint density at radius 3 is 2.25 bits per heavy atom. The Bertz CT molecular complexity index is 699. The Balaban J connectivity index is 2.33. The molecule has 112 valence electrons. The maximum Gasteiger partial charge on any atom is 0.243 e. The molecule has 0 aromatic heterocycles. The van der Waals surface area contributed by atoms with Crippen molar-refractivity contribution in [2.75, 3.05) is 18.6 Å². The molecule has 2 atom stereocenters. The number of benzene rings is 1. The Hall–Kier alpha value is -0.670.